The van der Waals surface area contributed by atoms with Crippen LogP contribution in [0.3, 0.4) is 0 Å². The van der Waals surface area contributed by atoms with E-state index in [0.717, 1.165) is 11.1 Å². The molecule has 0 unspecified atom stereocenters. The molecule has 7 heteroatoms. The molecule has 0 aliphatic carbocycles. The Kier molecular flexibility index (Phi) is 4.97. The quantitative estimate of drug-likeness (QED) is 0.769. The minimum absolute atomic E-state index is 0.132. The van der Waals surface area contributed by atoms with Gasteiger partial charge in [0.2, 0.25) is 11.8 Å². The summed E-state index contributed by atoms with van der Waals surface area (Å²) in [5, 5.41) is 4.46. The predicted octanol–water partition coefficient (Wildman–Crippen LogP) is 1.62. The number of aryl methyl sites for hydroxylation is 1. The van der Waals surface area contributed by atoms with Gasteiger partial charge in [-0.1, -0.05) is 18.2 Å². The van der Waals surface area contributed by atoms with Gasteiger partial charge in [0.05, 0.1) is 7.11 Å². The number of carbonyl (C=O) groups is 3. The number of imide groups is 2. The van der Waals surface area contributed by atoms with Crippen molar-refractivity contribution in [3.8, 4) is 5.75 Å². The Hall–Kier alpha value is -3.22. The van der Waals surface area contributed by atoms with Gasteiger partial charge in [0.15, 0.2) is 0 Å². The third-order valence-electron chi connectivity index (χ3n) is 4.60. The van der Waals surface area contributed by atoms with Crippen molar-refractivity contribution in [1.29, 1.82) is 0 Å². The Bertz CT molecular complexity index is 816. The Balaban J connectivity index is 1.94. The van der Waals surface area contributed by atoms with E-state index < -0.39 is 23.3 Å². The first-order chi connectivity index (χ1) is 12.5. The topological polar surface area (TPSA) is 97.4 Å². The molecule has 134 valence electrons. The van der Waals surface area contributed by atoms with Crippen molar-refractivity contribution in [2.75, 3.05) is 7.11 Å². The summed E-state index contributed by atoms with van der Waals surface area (Å²) in [6.45, 7) is 0. The molecule has 1 saturated heterocycles. The highest BCUT2D eigenvalue weighted by molar-refractivity contribution is 6.19. The molecule has 1 aliphatic heterocycles. The molecule has 2 aromatic rings. The number of pyridine rings is 1. The lowest BCUT2D eigenvalue weighted by Gasteiger charge is -2.34. The second kappa shape index (κ2) is 7.35. The van der Waals surface area contributed by atoms with E-state index in [1.807, 2.05) is 30.3 Å². The summed E-state index contributed by atoms with van der Waals surface area (Å²) in [6.07, 6.45) is 4.19. The van der Waals surface area contributed by atoms with Crippen LogP contribution in [0.2, 0.25) is 0 Å². The normalized spacial score (nSPS) is 16.0. The van der Waals surface area contributed by atoms with Gasteiger partial charge in [0.1, 0.15) is 11.2 Å². The predicted molar refractivity (Wildman–Crippen MR) is 93.4 cm³/mol. The van der Waals surface area contributed by atoms with Crippen molar-refractivity contribution in [1.82, 2.24) is 15.6 Å². The van der Waals surface area contributed by atoms with E-state index in [9.17, 15) is 14.4 Å². The van der Waals surface area contributed by atoms with E-state index in [0.29, 0.717) is 12.2 Å². The summed E-state index contributed by atoms with van der Waals surface area (Å²) >= 11 is 0. The first-order valence-electron chi connectivity index (χ1n) is 8.23. The molecule has 2 N–H and O–H groups in total. The van der Waals surface area contributed by atoms with E-state index in [1.54, 1.807) is 18.5 Å². The van der Waals surface area contributed by atoms with Crippen LogP contribution < -0.4 is 15.4 Å². The maximum atomic E-state index is 12.7. The summed E-state index contributed by atoms with van der Waals surface area (Å²) in [4.78, 5) is 40.9. The minimum Gasteiger partial charge on any atom is -0.496 e. The third kappa shape index (κ3) is 3.42. The monoisotopic (exact) mass is 353 g/mol. The van der Waals surface area contributed by atoms with Crippen LogP contribution in [0, 0.1) is 5.41 Å². The van der Waals surface area contributed by atoms with Crippen LogP contribution in [0.25, 0.3) is 0 Å². The zero-order chi connectivity index (χ0) is 18.6. The van der Waals surface area contributed by atoms with Crippen molar-refractivity contribution < 1.29 is 19.1 Å². The molecule has 1 aliphatic rings. The Morgan fingerprint density at radius 2 is 1.65 bits per heavy atom. The Morgan fingerprint density at radius 3 is 2.31 bits per heavy atom. The van der Waals surface area contributed by atoms with E-state index >= 15 is 0 Å². The summed E-state index contributed by atoms with van der Waals surface area (Å²) in [5.74, 6) is -0.592. The number of rotatable bonds is 6. The molecule has 7 nitrogen and oxygen atoms in total. The molecule has 26 heavy (non-hydrogen) atoms. The lowest BCUT2D eigenvalue weighted by Crippen LogP contribution is -2.63. The third-order valence-corrected chi connectivity index (χ3v) is 4.60. The Morgan fingerprint density at radius 1 is 1.00 bits per heavy atom. The first-order valence-corrected chi connectivity index (χ1v) is 8.23. The number of aromatic nitrogens is 1. The number of carbonyl (C=O) groups excluding carboxylic acids is 3. The lowest BCUT2D eigenvalue weighted by molar-refractivity contribution is -0.144. The highest BCUT2D eigenvalue weighted by Gasteiger charge is 2.50. The molecule has 3 rings (SSSR count). The fourth-order valence-corrected chi connectivity index (χ4v) is 3.14. The number of nitrogens with one attached hydrogen (secondary N) is 2. The number of hydrogen-bond acceptors (Lipinski definition) is 5. The van der Waals surface area contributed by atoms with Gasteiger partial charge in [-0.3, -0.25) is 25.2 Å². The van der Waals surface area contributed by atoms with Crippen LogP contribution in [-0.4, -0.2) is 29.9 Å². The fourth-order valence-electron chi connectivity index (χ4n) is 3.14. The van der Waals surface area contributed by atoms with Crippen molar-refractivity contribution in [3.63, 3.8) is 0 Å². The number of barbiturate groups is 1. The molecular formula is C19H19N3O4. The highest BCUT2D eigenvalue weighted by Crippen LogP contribution is 2.34. The van der Waals surface area contributed by atoms with Crippen molar-refractivity contribution in [2.24, 2.45) is 5.41 Å². The smallest absolute Gasteiger partial charge is 0.328 e. The van der Waals surface area contributed by atoms with Gasteiger partial charge in [-0.15, -0.1) is 0 Å². The van der Waals surface area contributed by atoms with Gasteiger partial charge in [-0.25, -0.2) is 4.79 Å². The second-order valence-electron chi connectivity index (χ2n) is 6.16. The van der Waals surface area contributed by atoms with Gasteiger partial charge in [0.25, 0.3) is 0 Å². The van der Waals surface area contributed by atoms with Gasteiger partial charge >= 0.3 is 6.03 Å². The second-order valence-corrected chi connectivity index (χ2v) is 6.16. The molecule has 0 saturated carbocycles. The average Bonchev–Trinajstić information content (AvgIpc) is 2.65. The van der Waals surface area contributed by atoms with Crippen LogP contribution in [0.15, 0.2) is 48.8 Å². The highest BCUT2D eigenvalue weighted by atomic mass is 16.5. The molecule has 1 aromatic heterocycles. The van der Waals surface area contributed by atoms with Crippen LogP contribution in [0.5, 0.6) is 5.75 Å². The van der Waals surface area contributed by atoms with Gasteiger partial charge in [-0.2, -0.15) is 0 Å². The molecule has 4 amide bonds. The molecule has 1 aromatic carbocycles. The van der Waals surface area contributed by atoms with Gasteiger partial charge in [-0.05, 0) is 48.6 Å². The lowest BCUT2D eigenvalue weighted by atomic mass is 9.74. The first kappa shape index (κ1) is 17.6. The molecule has 0 radical (unpaired) electrons. The number of methoxy groups -OCH3 is 1. The number of hydrogen-bond donors (Lipinski definition) is 2. The van der Waals surface area contributed by atoms with E-state index in [1.165, 1.54) is 7.11 Å². The summed E-state index contributed by atoms with van der Waals surface area (Å²) in [6, 6.07) is 10.1. The van der Waals surface area contributed by atoms with E-state index in [4.69, 9.17) is 4.74 Å². The van der Waals surface area contributed by atoms with Crippen molar-refractivity contribution in [3.05, 3.63) is 59.9 Å². The standard InChI is InChI=1S/C19H19N3O4/c1-26-15-5-3-2-4-14(15)12-19(9-6-13-7-10-20-11-8-13)16(23)21-18(25)22-17(19)24/h2-5,7-8,10-11H,6,9,12H2,1H3,(H2,21,22,23,24,25). The summed E-state index contributed by atoms with van der Waals surface area (Å²) in [7, 11) is 1.53. The largest absolute Gasteiger partial charge is 0.496 e. The SMILES string of the molecule is COc1ccccc1CC1(CCc2ccncc2)C(=O)NC(=O)NC1=O. The fraction of sp³-hybridized carbons (Fsp3) is 0.263. The number of amides is 4. The number of benzene rings is 1. The van der Waals surface area contributed by atoms with E-state index in [2.05, 4.69) is 15.6 Å². The number of nitrogens with zero attached hydrogens (tertiary/aromatic N) is 1. The van der Waals surface area contributed by atoms with Crippen molar-refractivity contribution >= 4 is 17.8 Å². The van der Waals surface area contributed by atoms with Gasteiger partial charge in [0, 0.05) is 12.4 Å². The number of para-hydroxylation sites is 1. The number of ether oxygens (including phenoxy) is 1. The summed E-state index contributed by atoms with van der Waals surface area (Å²) < 4.78 is 5.35. The zero-order valence-corrected chi connectivity index (χ0v) is 14.3. The summed E-state index contributed by atoms with van der Waals surface area (Å²) in [5.41, 5.74) is 0.285. The zero-order valence-electron chi connectivity index (χ0n) is 14.3. The van der Waals surface area contributed by atoms with Crippen molar-refractivity contribution in [2.45, 2.75) is 19.3 Å². The molecule has 0 spiro atoms. The van der Waals surface area contributed by atoms with Crippen LogP contribution in [-0.2, 0) is 22.4 Å². The number of urea groups is 1. The van der Waals surface area contributed by atoms with Crippen LogP contribution in [0.4, 0.5) is 4.79 Å². The van der Waals surface area contributed by atoms with E-state index in [-0.39, 0.29) is 12.8 Å². The maximum absolute atomic E-state index is 12.7. The van der Waals surface area contributed by atoms with Gasteiger partial charge < -0.3 is 4.74 Å². The van der Waals surface area contributed by atoms with Crippen LogP contribution >= 0.6 is 0 Å². The molecule has 1 fully saturated rings. The van der Waals surface area contributed by atoms with Crippen LogP contribution in [0.1, 0.15) is 17.5 Å². The maximum Gasteiger partial charge on any atom is 0.328 e. The molecule has 0 atom stereocenters. The molecule has 0 bridgehead atoms. The molecular weight excluding hydrogens is 334 g/mol. The Labute approximate surface area is 150 Å². The minimum atomic E-state index is -1.40. The molecule has 2 heterocycles. The average molecular weight is 353 g/mol.